The van der Waals surface area contributed by atoms with Crippen LogP contribution in [0.3, 0.4) is 0 Å². The Hall–Kier alpha value is -2.24. The minimum atomic E-state index is -0.607. The van der Waals surface area contributed by atoms with Gasteiger partial charge < -0.3 is 5.32 Å². The number of nitrogens with one attached hydrogen (secondary N) is 2. The van der Waals surface area contributed by atoms with E-state index in [2.05, 4.69) is 15.5 Å². The van der Waals surface area contributed by atoms with Gasteiger partial charge in [0.15, 0.2) is 0 Å². The van der Waals surface area contributed by atoms with Gasteiger partial charge in [-0.25, -0.2) is 8.78 Å². The van der Waals surface area contributed by atoms with Crippen LogP contribution in [0.15, 0.2) is 30.6 Å². The first-order chi connectivity index (χ1) is 9.08. The number of hydrogen-bond acceptors (Lipinski definition) is 2. The second kappa shape index (κ2) is 5.60. The van der Waals surface area contributed by atoms with Gasteiger partial charge in [0.1, 0.15) is 11.6 Å². The van der Waals surface area contributed by atoms with Crippen molar-refractivity contribution < 1.29 is 13.6 Å². The number of aromatic nitrogens is 2. The Morgan fingerprint density at radius 3 is 2.68 bits per heavy atom. The highest BCUT2D eigenvalue weighted by atomic mass is 19.1. The van der Waals surface area contributed by atoms with Crippen molar-refractivity contribution >= 4 is 5.91 Å². The van der Waals surface area contributed by atoms with Crippen molar-refractivity contribution in [2.75, 3.05) is 0 Å². The first-order valence-electron chi connectivity index (χ1n) is 5.80. The van der Waals surface area contributed by atoms with Gasteiger partial charge in [0.25, 0.3) is 5.91 Å². The smallest absolute Gasteiger partial charge is 0.254 e. The quantitative estimate of drug-likeness (QED) is 0.888. The molecule has 100 valence electrons. The van der Waals surface area contributed by atoms with Crippen molar-refractivity contribution in [2.24, 2.45) is 0 Å². The van der Waals surface area contributed by atoms with Crippen LogP contribution in [0.25, 0.3) is 0 Å². The third-order valence-corrected chi connectivity index (χ3v) is 2.71. The van der Waals surface area contributed by atoms with E-state index in [1.807, 2.05) is 0 Å². The molecule has 1 aromatic heterocycles. The molecule has 6 heteroatoms. The molecule has 1 aromatic carbocycles. The van der Waals surface area contributed by atoms with E-state index in [1.54, 1.807) is 6.92 Å². The fraction of sp³-hybridized carbons (Fsp3) is 0.231. The molecule has 2 rings (SSSR count). The molecular weight excluding hydrogens is 252 g/mol. The lowest BCUT2D eigenvalue weighted by Gasteiger charge is -2.14. The molecular formula is C13H13F2N3O. The predicted molar refractivity (Wildman–Crippen MR) is 65.6 cm³/mol. The van der Waals surface area contributed by atoms with E-state index in [4.69, 9.17) is 0 Å². The molecule has 1 atom stereocenters. The van der Waals surface area contributed by atoms with Crippen LogP contribution in [0.5, 0.6) is 0 Å². The monoisotopic (exact) mass is 265 g/mol. The van der Waals surface area contributed by atoms with Gasteiger partial charge in [-0.15, -0.1) is 0 Å². The number of carbonyl (C=O) groups is 1. The zero-order chi connectivity index (χ0) is 13.8. The highest BCUT2D eigenvalue weighted by molar-refractivity contribution is 5.93. The third-order valence-electron chi connectivity index (χ3n) is 2.71. The molecule has 1 amide bonds. The maximum absolute atomic E-state index is 13.5. The zero-order valence-corrected chi connectivity index (χ0v) is 10.3. The Morgan fingerprint density at radius 2 is 2.11 bits per heavy atom. The van der Waals surface area contributed by atoms with Crippen molar-refractivity contribution in [2.45, 2.75) is 19.4 Å². The summed E-state index contributed by atoms with van der Waals surface area (Å²) in [6, 6.07) is 3.31. The lowest BCUT2D eigenvalue weighted by Crippen LogP contribution is -2.34. The molecule has 2 aromatic rings. The average molecular weight is 265 g/mol. The Bertz CT molecular complexity index is 549. The molecule has 0 fully saturated rings. The number of carbonyl (C=O) groups excluding carboxylic acids is 1. The average Bonchev–Trinajstić information content (AvgIpc) is 2.88. The summed E-state index contributed by atoms with van der Waals surface area (Å²) in [6.45, 7) is 1.68. The van der Waals surface area contributed by atoms with Crippen LogP contribution in [0, 0.1) is 11.6 Å². The number of H-pyrrole nitrogens is 1. The molecule has 2 N–H and O–H groups in total. The number of benzene rings is 1. The summed E-state index contributed by atoms with van der Waals surface area (Å²) in [7, 11) is 0. The number of halogens is 2. The first-order valence-corrected chi connectivity index (χ1v) is 5.80. The van der Waals surface area contributed by atoms with E-state index >= 15 is 0 Å². The molecule has 0 aliphatic carbocycles. The zero-order valence-electron chi connectivity index (χ0n) is 10.3. The molecule has 1 unspecified atom stereocenters. The highest BCUT2D eigenvalue weighted by Gasteiger charge is 2.15. The number of nitrogens with zero attached hydrogens (tertiary/aromatic N) is 1. The van der Waals surface area contributed by atoms with Crippen molar-refractivity contribution in [3.8, 4) is 0 Å². The van der Waals surface area contributed by atoms with Crippen LogP contribution in [0.1, 0.15) is 22.8 Å². The second-order valence-electron chi connectivity index (χ2n) is 4.27. The maximum Gasteiger partial charge on any atom is 0.254 e. The van der Waals surface area contributed by atoms with E-state index in [9.17, 15) is 13.6 Å². The summed E-state index contributed by atoms with van der Waals surface area (Å²) in [5.41, 5.74) is 0.350. The molecule has 0 aliphatic rings. The summed E-state index contributed by atoms with van der Waals surface area (Å²) in [5, 5.41) is 8.83. The SMILES string of the molecule is CC(Cc1c(F)cccc1F)NC(=O)c1cn[nH]c1. The van der Waals surface area contributed by atoms with Crippen LogP contribution in [0.2, 0.25) is 0 Å². The summed E-state index contributed by atoms with van der Waals surface area (Å²) in [4.78, 5) is 11.7. The summed E-state index contributed by atoms with van der Waals surface area (Å²) >= 11 is 0. The molecule has 0 saturated carbocycles. The molecule has 0 aliphatic heterocycles. The minimum absolute atomic E-state index is 0.0255. The molecule has 0 saturated heterocycles. The summed E-state index contributed by atoms with van der Waals surface area (Å²) < 4.78 is 26.9. The normalized spacial score (nSPS) is 12.2. The van der Waals surface area contributed by atoms with Crippen LogP contribution in [0.4, 0.5) is 8.78 Å². The summed E-state index contributed by atoms with van der Waals surface area (Å²) in [5.74, 6) is -1.55. The molecule has 0 bridgehead atoms. The van der Waals surface area contributed by atoms with Crippen LogP contribution >= 0.6 is 0 Å². The van der Waals surface area contributed by atoms with Crippen molar-refractivity contribution in [3.63, 3.8) is 0 Å². The highest BCUT2D eigenvalue weighted by Crippen LogP contribution is 2.14. The lowest BCUT2D eigenvalue weighted by molar-refractivity contribution is 0.0939. The van der Waals surface area contributed by atoms with Gasteiger partial charge in [0.05, 0.1) is 11.8 Å². The van der Waals surface area contributed by atoms with E-state index in [1.165, 1.54) is 30.6 Å². The standard InChI is InChI=1S/C13H13F2N3O/c1-8(18-13(19)9-6-16-17-7-9)5-10-11(14)3-2-4-12(10)15/h2-4,6-8H,5H2,1H3,(H,16,17)(H,18,19). The minimum Gasteiger partial charge on any atom is -0.349 e. The van der Waals surface area contributed by atoms with Gasteiger partial charge in [-0.1, -0.05) is 6.07 Å². The van der Waals surface area contributed by atoms with Gasteiger partial charge in [0.2, 0.25) is 0 Å². The van der Waals surface area contributed by atoms with Crippen molar-refractivity contribution in [1.29, 1.82) is 0 Å². The second-order valence-corrected chi connectivity index (χ2v) is 4.27. The summed E-state index contributed by atoms with van der Waals surface area (Å²) in [6.07, 6.45) is 2.92. The van der Waals surface area contributed by atoms with E-state index < -0.39 is 17.7 Å². The van der Waals surface area contributed by atoms with Crippen LogP contribution in [-0.2, 0) is 6.42 Å². The Kier molecular flexibility index (Phi) is 3.89. The Balaban J connectivity index is 2.02. The Labute approximate surface area is 108 Å². The molecule has 19 heavy (non-hydrogen) atoms. The van der Waals surface area contributed by atoms with Crippen molar-refractivity contribution in [1.82, 2.24) is 15.5 Å². The number of aromatic amines is 1. The van der Waals surface area contributed by atoms with Gasteiger partial charge in [-0.3, -0.25) is 9.89 Å². The van der Waals surface area contributed by atoms with E-state index in [0.717, 1.165) is 0 Å². The van der Waals surface area contributed by atoms with Crippen molar-refractivity contribution in [3.05, 3.63) is 53.4 Å². The van der Waals surface area contributed by atoms with Crippen LogP contribution in [-0.4, -0.2) is 22.1 Å². The number of rotatable bonds is 4. The lowest BCUT2D eigenvalue weighted by atomic mass is 10.1. The van der Waals surface area contributed by atoms with Gasteiger partial charge in [0, 0.05) is 17.8 Å². The number of hydrogen-bond donors (Lipinski definition) is 2. The first kappa shape index (κ1) is 13.2. The molecule has 1 heterocycles. The fourth-order valence-electron chi connectivity index (χ4n) is 1.77. The van der Waals surface area contributed by atoms with E-state index in [0.29, 0.717) is 5.56 Å². The molecule has 4 nitrogen and oxygen atoms in total. The largest absolute Gasteiger partial charge is 0.349 e. The fourth-order valence-corrected chi connectivity index (χ4v) is 1.77. The molecule has 0 spiro atoms. The van der Waals surface area contributed by atoms with Gasteiger partial charge in [-0.05, 0) is 25.5 Å². The van der Waals surface area contributed by atoms with Gasteiger partial charge >= 0.3 is 0 Å². The topological polar surface area (TPSA) is 57.8 Å². The van der Waals surface area contributed by atoms with Gasteiger partial charge in [-0.2, -0.15) is 5.10 Å². The molecule has 0 radical (unpaired) electrons. The Morgan fingerprint density at radius 1 is 1.42 bits per heavy atom. The maximum atomic E-state index is 13.5. The third kappa shape index (κ3) is 3.15. The number of amides is 1. The van der Waals surface area contributed by atoms with E-state index in [-0.39, 0.29) is 17.9 Å². The van der Waals surface area contributed by atoms with Crippen LogP contribution < -0.4 is 5.32 Å². The predicted octanol–water partition coefficient (Wildman–Crippen LogP) is 2.05.